The normalized spacial score (nSPS) is 10.5. The summed E-state index contributed by atoms with van der Waals surface area (Å²) in [7, 11) is 0. The molecular formula is C17H16N2O2. The van der Waals surface area contributed by atoms with E-state index >= 15 is 0 Å². The third kappa shape index (κ3) is 2.74. The van der Waals surface area contributed by atoms with Gasteiger partial charge in [0.2, 0.25) is 0 Å². The highest BCUT2D eigenvalue weighted by Gasteiger charge is 2.07. The monoisotopic (exact) mass is 280 g/mol. The molecule has 4 nitrogen and oxygen atoms in total. The molecule has 0 fully saturated rings. The Morgan fingerprint density at radius 1 is 1.00 bits per heavy atom. The molecule has 0 aliphatic heterocycles. The van der Waals surface area contributed by atoms with Crippen LogP contribution in [0.15, 0.2) is 54.7 Å². The van der Waals surface area contributed by atoms with Crippen molar-refractivity contribution in [3.05, 3.63) is 54.7 Å². The van der Waals surface area contributed by atoms with Crippen molar-refractivity contribution in [1.82, 2.24) is 4.98 Å². The maximum absolute atomic E-state index is 6.15. The third-order valence-electron chi connectivity index (χ3n) is 3.15. The van der Waals surface area contributed by atoms with Crippen LogP contribution in [0, 0.1) is 0 Å². The zero-order valence-corrected chi connectivity index (χ0v) is 11.7. The summed E-state index contributed by atoms with van der Waals surface area (Å²) in [5, 5.41) is 0.890. The Morgan fingerprint density at radius 2 is 1.76 bits per heavy atom. The minimum Gasteiger partial charge on any atom is -0.494 e. The van der Waals surface area contributed by atoms with Gasteiger partial charge in [0, 0.05) is 11.6 Å². The Balaban J connectivity index is 1.89. The van der Waals surface area contributed by atoms with E-state index in [1.54, 1.807) is 6.20 Å². The first-order valence-corrected chi connectivity index (χ1v) is 6.82. The number of nitrogen functional groups attached to an aromatic ring is 1. The first-order valence-electron chi connectivity index (χ1n) is 6.82. The number of aromatic nitrogens is 1. The molecule has 0 saturated heterocycles. The van der Waals surface area contributed by atoms with Gasteiger partial charge in [-0.15, -0.1) is 0 Å². The number of anilines is 1. The van der Waals surface area contributed by atoms with Gasteiger partial charge in [0.25, 0.3) is 0 Å². The highest BCUT2D eigenvalue weighted by Crippen LogP contribution is 2.33. The van der Waals surface area contributed by atoms with Gasteiger partial charge in [-0.25, -0.2) is 0 Å². The Hall–Kier alpha value is -2.75. The maximum atomic E-state index is 6.15. The highest BCUT2D eigenvalue weighted by atomic mass is 16.5. The molecule has 106 valence electrons. The topological polar surface area (TPSA) is 57.4 Å². The van der Waals surface area contributed by atoms with E-state index in [9.17, 15) is 0 Å². The predicted molar refractivity (Wildman–Crippen MR) is 83.8 cm³/mol. The Labute approximate surface area is 123 Å². The van der Waals surface area contributed by atoms with Crippen LogP contribution in [0.3, 0.4) is 0 Å². The molecular weight excluding hydrogens is 264 g/mol. The van der Waals surface area contributed by atoms with Crippen molar-refractivity contribution in [3.63, 3.8) is 0 Å². The van der Waals surface area contributed by atoms with Gasteiger partial charge >= 0.3 is 0 Å². The number of fused-ring (bicyclic) bond motifs is 1. The number of benzene rings is 2. The van der Waals surface area contributed by atoms with Gasteiger partial charge in [0.15, 0.2) is 5.75 Å². The van der Waals surface area contributed by atoms with Gasteiger partial charge in [0.05, 0.1) is 17.8 Å². The average molecular weight is 280 g/mol. The van der Waals surface area contributed by atoms with Crippen molar-refractivity contribution < 1.29 is 9.47 Å². The maximum Gasteiger partial charge on any atom is 0.151 e. The van der Waals surface area contributed by atoms with Crippen LogP contribution < -0.4 is 15.2 Å². The highest BCUT2D eigenvalue weighted by molar-refractivity contribution is 5.93. The number of hydrogen-bond acceptors (Lipinski definition) is 4. The first kappa shape index (κ1) is 13.2. The van der Waals surface area contributed by atoms with E-state index in [2.05, 4.69) is 4.98 Å². The van der Waals surface area contributed by atoms with Crippen LogP contribution in [-0.2, 0) is 0 Å². The standard InChI is InChI=1S/C17H16N2O2/c1-2-20-12-5-7-13(8-6-12)21-16-10-9-15-14(17(16)18)4-3-11-19-15/h3-11H,2,18H2,1H3. The SMILES string of the molecule is CCOc1ccc(Oc2ccc3ncccc3c2N)cc1. The first-order chi connectivity index (χ1) is 10.3. The summed E-state index contributed by atoms with van der Waals surface area (Å²) in [4.78, 5) is 4.27. The summed E-state index contributed by atoms with van der Waals surface area (Å²) >= 11 is 0. The number of ether oxygens (including phenoxy) is 2. The number of rotatable bonds is 4. The molecule has 0 radical (unpaired) electrons. The Morgan fingerprint density at radius 3 is 2.52 bits per heavy atom. The number of nitrogens with two attached hydrogens (primary N) is 1. The van der Waals surface area contributed by atoms with E-state index in [-0.39, 0.29) is 0 Å². The molecule has 4 heteroatoms. The lowest BCUT2D eigenvalue weighted by Crippen LogP contribution is -1.95. The average Bonchev–Trinajstić information content (AvgIpc) is 2.52. The lowest BCUT2D eigenvalue weighted by atomic mass is 10.1. The number of nitrogens with zero attached hydrogens (tertiary/aromatic N) is 1. The summed E-state index contributed by atoms with van der Waals surface area (Å²) in [5.41, 5.74) is 7.60. The quantitative estimate of drug-likeness (QED) is 0.734. The van der Waals surface area contributed by atoms with E-state index in [0.717, 1.165) is 16.7 Å². The fraction of sp³-hybridized carbons (Fsp3) is 0.118. The van der Waals surface area contributed by atoms with Gasteiger partial charge < -0.3 is 15.2 Å². The fourth-order valence-corrected chi connectivity index (χ4v) is 2.14. The van der Waals surface area contributed by atoms with Crippen molar-refractivity contribution in [3.8, 4) is 17.2 Å². The number of hydrogen-bond donors (Lipinski definition) is 1. The van der Waals surface area contributed by atoms with Crippen LogP contribution in [0.5, 0.6) is 17.2 Å². The lowest BCUT2D eigenvalue weighted by molar-refractivity contribution is 0.339. The molecule has 0 aliphatic rings. The lowest BCUT2D eigenvalue weighted by Gasteiger charge is -2.11. The second kappa shape index (κ2) is 5.71. The number of pyridine rings is 1. The van der Waals surface area contributed by atoms with Crippen molar-refractivity contribution >= 4 is 16.6 Å². The van der Waals surface area contributed by atoms with Crippen LogP contribution >= 0.6 is 0 Å². The summed E-state index contributed by atoms with van der Waals surface area (Å²) in [5.74, 6) is 2.16. The summed E-state index contributed by atoms with van der Waals surface area (Å²) in [6.07, 6.45) is 1.74. The molecule has 0 bridgehead atoms. The summed E-state index contributed by atoms with van der Waals surface area (Å²) in [6, 6.07) is 15.0. The van der Waals surface area contributed by atoms with Crippen LogP contribution in [0.4, 0.5) is 5.69 Å². The van der Waals surface area contributed by atoms with Crippen LogP contribution in [0.2, 0.25) is 0 Å². The van der Waals surface area contributed by atoms with E-state index < -0.39 is 0 Å². The van der Waals surface area contributed by atoms with Crippen LogP contribution in [0.1, 0.15) is 6.92 Å². The van der Waals surface area contributed by atoms with Gasteiger partial charge in [-0.1, -0.05) is 0 Å². The van der Waals surface area contributed by atoms with Crippen molar-refractivity contribution in [2.75, 3.05) is 12.3 Å². The molecule has 0 unspecified atom stereocenters. The van der Waals surface area contributed by atoms with E-state index in [4.69, 9.17) is 15.2 Å². The van der Waals surface area contributed by atoms with Gasteiger partial charge in [-0.3, -0.25) is 4.98 Å². The molecule has 21 heavy (non-hydrogen) atoms. The van der Waals surface area contributed by atoms with E-state index in [1.165, 1.54) is 0 Å². The molecule has 0 saturated carbocycles. The summed E-state index contributed by atoms with van der Waals surface area (Å²) in [6.45, 7) is 2.60. The molecule has 1 aromatic heterocycles. The minimum atomic E-state index is 0.592. The molecule has 1 heterocycles. The third-order valence-corrected chi connectivity index (χ3v) is 3.15. The largest absolute Gasteiger partial charge is 0.494 e. The van der Waals surface area contributed by atoms with Crippen molar-refractivity contribution in [2.45, 2.75) is 6.92 Å². The smallest absolute Gasteiger partial charge is 0.151 e. The van der Waals surface area contributed by atoms with Gasteiger partial charge in [0.1, 0.15) is 11.5 Å². The zero-order valence-electron chi connectivity index (χ0n) is 11.7. The molecule has 0 spiro atoms. The van der Waals surface area contributed by atoms with Crippen molar-refractivity contribution in [1.29, 1.82) is 0 Å². The molecule has 2 aromatic carbocycles. The summed E-state index contributed by atoms with van der Waals surface area (Å²) < 4.78 is 11.2. The van der Waals surface area contributed by atoms with Crippen LogP contribution in [0.25, 0.3) is 10.9 Å². The zero-order chi connectivity index (χ0) is 14.7. The predicted octanol–water partition coefficient (Wildman–Crippen LogP) is 4.01. The second-order valence-electron chi connectivity index (χ2n) is 4.55. The fourth-order valence-electron chi connectivity index (χ4n) is 2.14. The Bertz CT molecular complexity index is 754. The minimum absolute atomic E-state index is 0.592. The van der Waals surface area contributed by atoms with Gasteiger partial charge in [-0.2, -0.15) is 0 Å². The van der Waals surface area contributed by atoms with E-state index in [0.29, 0.717) is 23.8 Å². The molecule has 2 N–H and O–H groups in total. The van der Waals surface area contributed by atoms with Crippen molar-refractivity contribution in [2.24, 2.45) is 0 Å². The van der Waals surface area contributed by atoms with E-state index in [1.807, 2.05) is 55.5 Å². The molecule has 0 atom stereocenters. The second-order valence-corrected chi connectivity index (χ2v) is 4.55. The Kier molecular flexibility index (Phi) is 3.60. The van der Waals surface area contributed by atoms with Crippen LogP contribution in [-0.4, -0.2) is 11.6 Å². The molecule has 0 amide bonds. The molecule has 3 rings (SSSR count). The van der Waals surface area contributed by atoms with Gasteiger partial charge in [-0.05, 0) is 55.5 Å². The molecule has 0 aliphatic carbocycles. The molecule has 3 aromatic rings.